The lowest BCUT2D eigenvalue weighted by atomic mass is 10.2. The summed E-state index contributed by atoms with van der Waals surface area (Å²) < 4.78 is 2.89. The molecule has 3 nitrogen and oxygen atoms in total. The van der Waals surface area contributed by atoms with Gasteiger partial charge in [-0.3, -0.25) is 0 Å². The number of fused-ring (bicyclic) bond motifs is 1. The number of carboxylic acid groups (broad SMARTS) is 1. The standard InChI is InChI=1S/C11H10BrNO2/c1-2-13-6-9(11(14)15)8-4-3-7(12)5-10(8)13/h3-6H,2H2,1H3,(H,14,15). The molecule has 78 valence electrons. The SMILES string of the molecule is CCn1cc(C(=O)O)c2ccc(Br)cc21. The number of aromatic carboxylic acids is 1. The number of aryl methyl sites for hydroxylation is 1. The molecule has 2 aromatic rings. The van der Waals surface area contributed by atoms with E-state index in [4.69, 9.17) is 5.11 Å². The van der Waals surface area contributed by atoms with E-state index in [0.717, 1.165) is 21.9 Å². The highest BCUT2D eigenvalue weighted by Crippen LogP contribution is 2.25. The molecule has 0 saturated heterocycles. The molecular weight excluding hydrogens is 258 g/mol. The van der Waals surface area contributed by atoms with Crippen molar-refractivity contribution >= 4 is 32.8 Å². The molecule has 1 aromatic carbocycles. The van der Waals surface area contributed by atoms with Gasteiger partial charge >= 0.3 is 5.97 Å². The van der Waals surface area contributed by atoms with Crippen LogP contribution in [-0.2, 0) is 6.54 Å². The maximum absolute atomic E-state index is 11.0. The van der Waals surface area contributed by atoms with E-state index in [-0.39, 0.29) is 0 Å². The molecule has 15 heavy (non-hydrogen) atoms. The number of rotatable bonds is 2. The van der Waals surface area contributed by atoms with Crippen LogP contribution in [-0.4, -0.2) is 15.6 Å². The van der Waals surface area contributed by atoms with Gasteiger partial charge in [0, 0.05) is 28.1 Å². The summed E-state index contributed by atoms with van der Waals surface area (Å²) in [7, 11) is 0. The van der Waals surface area contributed by atoms with Crippen molar-refractivity contribution in [1.29, 1.82) is 0 Å². The van der Waals surface area contributed by atoms with Crippen LogP contribution in [0, 0.1) is 0 Å². The summed E-state index contributed by atoms with van der Waals surface area (Å²) in [6.07, 6.45) is 1.68. The first kappa shape index (κ1) is 10.2. The quantitative estimate of drug-likeness (QED) is 0.909. The molecule has 0 amide bonds. The summed E-state index contributed by atoms with van der Waals surface area (Å²) in [5, 5.41) is 9.82. The Morgan fingerprint density at radius 1 is 1.53 bits per heavy atom. The van der Waals surface area contributed by atoms with E-state index < -0.39 is 5.97 Å². The fourth-order valence-electron chi connectivity index (χ4n) is 1.70. The maximum Gasteiger partial charge on any atom is 0.337 e. The van der Waals surface area contributed by atoms with Crippen molar-refractivity contribution in [2.75, 3.05) is 0 Å². The zero-order valence-electron chi connectivity index (χ0n) is 8.20. The average Bonchev–Trinajstić information content (AvgIpc) is 2.55. The van der Waals surface area contributed by atoms with Crippen LogP contribution in [0.5, 0.6) is 0 Å². The van der Waals surface area contributed by atoms with Gasteiger partial charge in [-0.05, 0) is 19.1 Å². The molecule has 0 atom stereocenters. The highest BCUT2D eigenvalue weighted by molar-refractivity contribution is 9.10. The van der Waals surface area contributed by atoms with Crippen LogP contribution in [0.15, 0.2) is 28.9 Å². The molecule has 1 heterocycles. The smallest absolute Gasteiger partial charge is 0.337 e. The van der Waals surface area contributed by atoms with Gasteiger partial charge in [-0.15, -0.1) is 0 Å². The van der Waals surface area contributed by atoms with Gasteiger partial charge in [0.05, 0.1) is 5.56 Å². The second kappa shape index (κ2) is 3.70. The Hall–Kier alpha value is -1.29. The zero-order chi connectivity index (χ0) is 11.0. The third kappa shape index (κ3) is 1.65. The summed E-state index contributed by atoms with van der Waals surface area (Å²) >= 11 is 3.38. The first-order valence-electron chi connectivity index (χ1n) is 4.65. The molecule has 0 unspecified atom stereocenters. The monoisotopic (exact) mass is 267 g/mol. The van der Waals surface area contributed by atoms with Crippen molar-refractivity contribution in [2.24, 2.45) is 0 Å². The second-order valence-corrected chi connectivity index (χ2v) is 4.21. The largest absolute Gasteiger partial charge is 0.478 e. The number of carboxylic acids is 1. The van der Waals surface area contributed by atoms with Crippen molar-refractivity contribution in [1.82, 2.24) is 4.57 Å². The molecule has 0 spiro atoms. The van der Waals surface area contributed by atoms with Crippen molar-refractivity contribution < 1.29 is 9.90 Å². The van der Waals surface area contributed by atoms with E-state index in [2.05, 4.69) is 15.9 Å². The molecular formula is C11H10BrNO2. The Bertz CT molecular complexity index is 531. The minimum atomic E-state index is -0.880. The third-order valence-electron chi connectivity index (χ3n) is 2.42. The molecule has 1 aromatic heterocycles. The molecule has 1 N–H and O–H groups in total. The van der Waals surface area contributed by atoms with Gasteiger partial charge in [0.1, 0.15) is 0 Å². The Kier molecular flexibility index (Phi) is 2.52. The Labute approximate surface area is 95.5 Å². The first-order chi connectivity index (χ1) is 7.13. The Balaban J connectivity index is 2.81. The van der Waals surface area contributed by atoms with Crippen LogP contribution in [0.25, 0.3) is 10.9 Å². The van der Waals surface area contributed by atoms with E-state index in [9.17, 15) is 4.79 Å². The van der Waals surface area contributed by atoms with Crippen LogP contribution in [0.4, 0.5) is 0 Å². The van der Waals surface area contributed by atoms with Crippen LogP contribution in [0.3, 0.4) is 0 Å². The molecule has 0 aliphatic carbocycles. The molecule has 4 heteroatoms. The number of nitrogens with zero attached hydrogens (tertiary/aromatic N) is 1. The van der Waals surface area contributed by atoms with Crippen LogP contribution in [0.2, 0.25) is 0 Å². The maximum atomic E-state index is 11.0. The summed E-state index contributed by atoms with van der Waals surface area (Å²) in [5.41, 5.74) is 1.31. The zero-order valence-corrected chi connectivity index (χ0v) is 9.78. The van der Waals surface area contributed by atoms with Gasteiger partial charge in [-0.25, -0.2) is 4.79 Å². The average molecular weight is 268 g/mol. The number of hydrogen-bond acceptors (Lipinski definition) is 1. The highest BCUT2D eigenvalue weighted by Gasteiger charge is 2.13. The minimum Gasteiger partial charge on any atom is -0.478 e. The fraction of sp³-hybridized carbons (Fsp3) is 0.182. The van der Waals surface area contributed by atoms with Gasteiger partial charge in [0.2, 0.25) is 0 Å². The highest BCUT2D eigenvalue weighted by atomic mass is 79.9. The normalized spacial score (nSPS) is 10.8. The molecule has 0 radical (unpaired) electrons. The lowest BCUT2D eigenvalue weighted by molar-refractivity contribution is 0.0699. The summed E-state index contributed by atoms with van der Waals surface area (Å²) in [5.74, 6) is -0.880. The number of aromatic nitrogens is 1. The number of hydrogen-bond donors (Lipinski definition) is 1. The number of carbonyl (C=O) groups is 1. The van der Waals surface area contributed by atoms with Crippen molar-refractivity contribution in [3.8, 4) is 0 Å². The molecule has 0 fully saturated rings. The first-order valence-corrected chi connectivity index (χ1v) is 5.44. The van der Waals surface area contributed by atoms with E-state index in [1.54, 1.807) is 6.20 Å². The van der Waals surface area contributed by atoms with E-state index >= 15 is 0 Å². The van der Waals surface area contributed by atoms with E-state index in [1.165, 1.54) is 0 Å². The molecule has 2 rings (SSSR count). The molecule has 0 saturated carbocycles. The van der Waals surface area contributed by atoms with Crippen molar-refractivity contribution in [3.05, 3.63) is 34.4 Å². The van der Waals surface area contributed by atoms with Gasteiger partial charge in [0.25, 0.3) is 0 Å². The number of halogens is 1. The summed E-state index contributed by atoms with van der Waals surface area (Å²) in [6.45, 7) is 2.76. The Morgan fingerprint density at radius 3 is 2.87 bits per heavy atom. The van der Waals surface area contributed by atoms with E-state index in [1.807, 2.05) is 29.7 Å². The lowest BCUT2D eigenvalue weighted by Crippen LogP contribution is -1.94. The van der Waals surface area contributed by atoms with E-state index in [0.29, 0.717) is 5.56 Å². The van der Waals surface area contributed by atoms with Gasteiger partial charge in [0.15, 0.2) is 0 Å². The predicted molar refractivity (Wildman–Crippen MR) is 62.3 cm³/mol. The van der Waals surface area contributed by atoms with Gasteiger partial charge in [-0.2, -0.15) is 0 Å². The fourth-order valence-corrected chi connectivity index (χ4v) is 2.05. The van der Waals surface area contributed by atoms with Crippen LogP contribution in [0.1, 0.15) is 17.3 Å². The summed E-state index contributed by atoms with van der Waals surface area (Å²) in [4.78, 5) is 11.0. The Morgan fingerprint density at radius 2 is 2.27 bits per heavy atom. The van der Waals surface area contributed by atoms with Gasteiger partial charge < -0.3 is 9.67 Å². The topological polar surface area (TPSA) is 42.2 Å². The third-order valence-corrected chi connectivity index (χ3v) is 2.91. The van der Waals surface area contributed by atoms with Gasteiger partial charge in [-0.1, -0.05) is 22.0 Å². The summed E-state index contributed by atoms with van der Waals surface area (Å²) in [6, 6.07) is 5.62. The van der Waals surface area contributed by atoms with Crippen molar-refractivity contribution in [3.63, 3.8) is 0 Å². The number of benzene rings is 1. The minimum absolute atomic E-state index is 0.361. The molecule has 0 aliphatic rings. The van der Waals surface area contributed by atoms with Crippen LogP contribution >= 0.6 is 15.9 Å². The predicted octanol–water partition coefficient (Wildman–Crippen LogP) is 3.12. The van der Waals surface area contributed by atoms with Crippen LogP contribution < -0.4 is 0 Å². The molecule has 0 bridgehead atoms. The molecule has 0 aliphatic heterocycles. The second-order valence-electron chi connectivity index (χ2n) is 3.30. The van der Waals surface area contributed by atoms with Crippen molar-refractivity contribution in [2.45, 2.75) is 13.5 Å². The lowest BCUT2D eigenvalue weighted by Gasteiger charge is -1.99.